The third-order valence-corrected chi connectivity index (χ3v) is 12.0. The van der Waals surface area contributed by atoms with Gasteiger partial charge in [0, 0.05) is 73.3 Å². The van der Waals surface area contributed by atoms with Crippen molar-refractivity contribution in [2.24, 2.45) is 0 Å². The summed E-state index contributed by atoms with van der Waals surface area (Å²) in [5.41, 5.74) is 7.32. The van der Waals surface area contributed by atoms with Crippen LogP contribution in [-0.2, 0) is 0 Å². The lowest BCUT2D eigenvalue weighted by atomic mass is 10.1. The molecule has 46 heavy (non-hydrogen) atoms. The standard InChI is InChI=1S/C42H24N2S2/c1-5-13-34-27(9-1)31-20-21-36-41(42(31)44(34)26-17-19-30-28-10-3-7-15-37(28)46-40(30)24-26)32-12-2-6-14-35(32)43(36)25-18-22-39-33(23-25)29-11-4-8-16-38(29)45-39/h1-24H. The molecular formula is C42H24N2S2. The van der Waals surface area contributed by atoms with Crippen LogP contribution in [0.3, 0.4) is 0 Å². The van der Waals surface area contributed by atoms with Gasteiger partial charge in [0.05, 0.1) is 22.1 Å². The quantitative estimate of drug-likeness (QED) is 0.182. The maximum absolute atomic E-state index is 2.50. The summed E-state index contributed by atoms with van der Waals surface area (Å²) in [4.78, 5) is 0. The van der Waals surface area contributed by atoms with Crippen molar-refractivity contribution in [3.63, 3.8) is 0 Å². The number of thiophene rings is 2. The topological polar surface area (TPSA) is 9.86 Å². The van der Waals surface area contributed by atoms with Crippen molar-refractivity contribution in [2.45, 2.75) is 0 Å². The van der Waals surface area contributed by atoms with Gasteiger partial charge in [-0.25, -0.2) is 0 Å². The van der Waals surface area contributed by atoms with Gasteiger partial charge in [0.1, 0.15) is 0 Å². The Morgan fingerprint density at radius 3 is 1.67 bits per heavy atom. The summed E-state index contributed by atoms with van der Waals surface area (Å²) in [7, 11) is 0. The molecule has 0 bridgehead atoms. The van der Waals surface area contributed by atoms with E-state index in [1.54, 1.807) is 0 Å². The smallest absolute Gasteiger partial charge is 0.0641 e. The van der Waals surface area contributed by atoms with Gasteiger partial charge >= 0.3 is 0 Å². The van der Waals surface area contributed by atoms with E-state index in [1.807, 2.05) is 22.7 Å². The Morgan fingerprint density at radius 1 is 0.326 bits per heavy atom. The lowest BCUT2D eigenvalue weighted by molar-refractivity contribution is 1.18. The first kappa shape index (κ1) is 24.8. The Bertz CT molecular complexity index is 3040. The zero-order valence-electron chi connectivity index (χ0n) is 24.6. The van der Waals surface area contributed by atoms with E-state index < -0.39 is 0 Å². The molecule has 0 saturated heterocycles. The second kappa shape index (κ2) is 9.07. The summed E-state index contributed by atoms with van der Waals surface area (Å²) < 4.78 is 10.3. The van der Waals surface area contributed by atoms with E-state index in [0.29, 0.717) is 0 Å². The van der Waals surface area contributed by atoms with E-state index in [-0.39, 0.29) is 0 Å². The first-order chi connectivity index (χ1) is 22.8. The Labute approximate surface area is 271 Å². The molecule has 11 aromatic rings. The highest BCUT2D eigenvalue weighted by molar-refractivity contribution is 7.26. The number of hydrogen-bond donors (Lipinski definition) is 0. The van der Waals surface area contributed by atoms with Crippen LogP contribution in [0.1, 0.15) is 0 Å². The number of hydrogen-bond acceptors (Lipinski definition) is 2. The number of aromatic nitrogens is 2. The zero-order valence-corrected chi connectivity index (χ0v) is 26.2. The summed E-state index contributed by atoms with van der Waals surface area (Å²) >= 11 is 3.75. The minimum absolute atomic E-state index is 1.19. The Balaban J connectivity index is 1.27. The highest BCUT2D eigenvalue weighted by Crippen LogP contribution is 2.44. The summed E-state index contributed by atoms with van der Waals surface area (Å²) in [6.07, 6.45) is 0. The van der Waals surface area contributed by atoms with E-state index in [0.717, 1.165) is 0 Å². The van der Waals surface area contributed by atoms with E-state index in [4.69, 9.17) is 0 Å². The average molecular weight is 621 g/mol. The Morgan fingerprint density at radius 2 is 0.870 bits per heavy atom. The van der Waals surface area contributed by atoms with Gasteiger partial charge in [0.15, 0.2) is 0 Å². The van der Waals surface area contributed by atoms with Crippen LogP contribution in [0.25, 0.3) is 95.3 Å². The van der Waals surface area contributed by atoms with Crippen LogP contribution in [0, 0.1) is 0 Å². The van der Waals surface area contributed by atoms with Gasteiger partial charge in [-0.15, -0.1) is 22.7 Å². The number of para-hydroxylation sites is 2. The molecule has 11 rings (SSSR count). The zero-order chi connectivity index (χ0) is 29.9. The lowest BCUT2D eigenvalue weighted by Gasteiger charge is -2.10. The molecule has 0 fully saturated rings. The van der Waals surface area contributed by atoms with Crippen LogP contribution in [0.5, 0.6) is 0 Å². The van der Waals surface area contributed by atoms with Crippen molar-refractivity contribution >= 4 is 107 Å². The SMILES string of the molecule is c1ccc2c(c1)sc1cc(-n3c4ccccc4c4ccc5c(c6ccccc6n5-c5ccc6sc7ccccc7c6c5)c43)ccc12. The first-order valence-electron chi connectivity index (χ1n) is 15.6. The van der Waals surface area contributed by atoms with Crippen molar-refractivity contribution in [3.8, 4) is 11.4 Å². The molecule has 0 aliphatic heterocycles. The van der Waals surface area contributed by atoms with Gasteiger partial charge in [-0.3, -0.25) is 0 Å². The molecule has 0 aliphatic carbocycles. The number of fused-ring (bicyclic) bond motifs is 13. The van der Waals surface area contributed by atoms with Crippen molar-refractivity contribution < 1.29 is 0 Å². The van der Waals surface area contributed by atoms with Gasteiger partial charge in [-0.05, 0) is 60.7 Å². The average Bonchev–Trinajstić information content (AvgIpc) is 3.85. The Hall–Kier alpha value is -5.42. The third kappa shape index (κ3) is 3.24. The fourth-order valence-electron chi connectivity index (χ4n) is 7.76. The number of benzene rings is 7. The van der Waals surface area contributed by atoms with Crippen molar-refractivity contribution in [2.75, 3.05) is 0 Å². The summed E-state index contributed by atoms with van der Waals surface area (Å²) in [6, 6.07) is 53.9. The molecule has 2 nitrogen and oxygen atoms in total. The van der Waals surface area contributed by atoms with Crippen LogP contribution >= 0.6 is 22.7 Å². The Kier molecular flexibility index (Phi) is 4.90. The highest BCUT2D eigenvalue weighted by Gasteiger charge is 2.21. The molecule has 0 amide bonds. The van der Waals surface area contributed by atoms with E-state index in [9.17, 15) is 0 Å². The molecule has 0 aliphatic rings. The molecule has 4 heterocycles. The molecule has 4 aromatic heterocycles. The van der Waals surface area contributed by atoms with Gasteiger partial charge in [0.25, 0.3) is 0 Å². The minimum atomic E-state index is 1.19. The lowest BCUT2D eigenvalue weighted by Crippen LogP contribution is -1.95. The maximum Gasteiger partial charge on any atom is 0.0641 e. The molecule has 0 N–H and O–H groups in total. The monoisotopic (exact) mass is 620 g/mol. The molecule has 0 spiro atoms. The maximum atomic E-state index is 2.50. The minimum Gasteiger partial charge on any atom is -0.309 e. The van der Waals surface area contributed by atoms with Crippen LogP contribution in [0.2, 0.25) is 0 Å². The van der Waals surface area contributed by atoms with Gasteiger partial charge in [0.2, 0.25) is 0 Å². The number of rotatable bonds is 2. The van der Waals surface area contributed by atoms with E-state index in [1.165, 1.54) is 95.3 Å². The third-order valence-electron chi connectivity index (χ3n) is 9.71. The molecule has 4 heteroatoms. The highest BCUT2D eigenvalue weighted by atomic mass is 32.1. The molecule has 7 aromatic carbocycles. The van der Waals surface area contributed by atoms with Crippen molar-refractivity contribution in [3.05, 3.63) is 146 Å². The molecular weight excluding hydrogens is 597 g/mol. The van der Waals surface area contributed by atoms with Crippen molar-refractivity contribution in [1.29, 1.82) is 0 Å². The second-order valence-electron chi connectivity index (χ2n) is 12.1. The molecule has 0 saturated carbocycles. The predicted molar refractivity (Wildman–Crippen MR) is 201 cm³/mol. The number of nitrogens with zero attached hydrogens (tertiary/aromatic N) is 2. The largest absolute Gasteiger partial charge is 0.309 e. The second-order valence-corrected chi connectivity index (χ2v) is 14.3. The van der Waals surface area contributed by atoms with Crippen LogP contribution in [0.15, 0.2) is 146 Å². The predicted octanol–water partition coefficient (Wildman–Crippen LogP) is 12.6. The summed E-state index contributed by atoms with van der Waals surface area (Å²) in [5, 5.41) is 10.4. The summed E-state index contributed by atoms with van der Waals surface area (Å²) in [5.74, 6) is 0. The van der Waals surface area contributed by atoms with E-state index >= 15 is 0 Å². The van der Waals surface area contributed by atoms with Gasteiger partial charge < -0.3 is 9.13 Å². The normalized spacial score (nSPS) is 12.3. The summed E-state index contributed by atoms with van der Waals surface area (Å²) in [6.45, 7) is 0. The fraction of sp³-hybridized carbons (Fsp3) is 0. The van der Waals surface area contributed by atoms with Crippen LogP contribution in [-0.4, -0.2) is 9.13 Å². The molecule has 0 atom stereocenters. The van der Waals surface area contributed by atoms with Crippen molar-refractivity contribution in [1.82, 2.24) is 9.13 Å². The molecule has 214 valence electrons. The van der Waals surface area contributed by atoms with Gasteiger partial charge in [-0.1, -0.05) is 84.9 Å². The first-order valence-corrected chi connectivity index (χ1v) is 17.2. The van der Waals surface area contributed by atoms with Gasteiger partial charge in [-0.2, -0.15) is 0 Å². The molecule has 0 unspecified atom stereocenters. The van der Waals surface area contributed by atoms with Crippen LogP contribution in [0.4, 0.5) is 0 Å². The molecule has 0 radical (unpaired) electrons. The fourth-order valence-corrected chi connectivity index (χ4v) is 9.99. The van der Waals surface area contributed by atoms with E-state index in [2.05, 4.69) is 155 Å². The van der Waals surface area contributed by atoms with Crippen LogP contribution < -0.4 is 0 Å².